The number of aryl methyl sites for hydroxylation is 4. The van der Waals surface area contributed by atoms with Crippen molar-refractivity contribution in [1.82, 2.24) is 10.6 Å². The average molecular weight is 711 g/mol. The lowest BCUT2D eigenvalue weighted by Crippen LogP contribution is -2.33. The maximum atomic E-state index is 12.1. The summed E-state index contributed by atoms with van der Waals surface area (Å²) in [5, 5.41) is 5.09. The van der Waals surface area contributed by atoms with Gasteiger partial charge >= 0.3 is 24.1 Å². The number of rotatable bonds is 18. The highest BCUT2D eigenvalue weighted by Crippen LogP contribution is 2.38. The van der Waals surface area contributed by atoms with Gasteiger partial charge in [-0.1, -0.05) is 51.3 Å². The molecule has 0 aliphatic heterocycles. The van der Waals surface area contributed by atoms with Crippen LogP contribution in [0.15, 0.2) is 48.6 Å². The number of alkyl carbamates (subject to hydrolysis) is 2. The van der Waals surface area contributed by atoms with Crippen molar-refractivity contribution >= 4 is 24.1 Å². The molecule has 2 amide bonds. The summed E-state index contributed by atoms with van der Waals surface area (Å²) in [6, 6.07) is 8.43. The van der Waals surface area contributed by atoms with Crippen molar-refractivity contribution < 1.29 is 47.6 Å². The molecule has 0 saturated carbocycles. The molecule has 2 rings (SSSR count). The van der Waals surface area contributed by atoms with Crippen molar-refractivity contribution in [3.05, 3.63) is 82.0 Å². The van der Waals surface area contributed by atoms with E-state index in [2.05, 4.69) is 61.9 Å². The summed E-state index contributed by atoms with van der Waals surface area (Å²) in [6.45, 7) is 26.4. The normalized spacial score (nSPS) is 12.1. The number of esters is 2. The number of hydrogen-bond donors (Lipinski definition) is 2. The Balaban J connectivity index is 1.97. The molecule has 2 atom stereocenters. The Morgan fingerprint density at radius 3 is 1.25 bits per heavy atom. The second-order valence-electron chi connectivity index (χ2n) is 13.2. The van der Waals surface area contributed by atoms with Crippen molar-refractivity contribution in [3.63, 3.8) is 0 Å². The number of nitrogens with one attached hydrogen (secondary N) is 2. The molecule has 12 heteroatoms. The molecule has 0 heterocycles. The lowest BCUT2D eigenvalue weighted by molar-refractivity contribution is -0.139. The van der Waals surface area contributed by atoms with E-state index in [0.29, 0.717) is 0 Å². The Bertz CT molecular complexity index is 1430. The van der Waals surface area contributed by atoms with E-state index in [9.17, 15) is 19.2 Å². The highest BCUT2D eigenvalue weighted by Gasteiger charge is 2.27. The Hall–Kier alpha value is -5.00. The minimum absolute atomic E-state index is 0.0148. The van der Waals surface area contributed by atoms with Crippen LogP contribution in [-0.2, 0) is 34.0 Å². The molecule has 2 unspecified atom stereocenters. The van der Waals surface area contributed by atoms with Gasteiger partial charge in [0.2, 0.25) is 0 Å². The molecular weight excluding hydrogens is 656 g/mol. The van der Waals surface area contributed by atoms with E-state index >= 15 is 0 Å². The zero-order chi connectivity index (χ0) is 38.5. The number of hydrogen-bond acceptors (Lipinski definition) is 10. The van der Waals surface area contributed by atoms with Gasteiger partial charge in [0.15, 0.2) is 0 Å². The zero-order valence-electron chi connectivity index (χ0n) is 31.7. The molecule has 0 fully saturated rings. The fourth-order valence-electron chi connectivity index (χ4n) is 5.00. The lowest BCUT2D eigenvalue weighted by Gasteiger charge is -2.29. The van der Waals surface area contributed by atoms with Crippen molar-refractivity contribution in [2.45, 2.75) is 86.9 Å². The lowest BCUT2D eigenvalue weighted by atomic mass is 9.76. The standard InChI is InChI=1S/C39H54N2O10/c1-23(2)35(42)46-15-13-40-37(44)50-29(9)21-48-33-25(5)17-31(18-26(33)6)39(11,12)32-19-27(7)34(28(8)20-32)49-22-30(10)51-38(45)41-14-16-47-36(43)24(3)4/h17-20,29-30H,1,3,13-16,21-22H2,2,4-12H3,(H,40,44)(H,41,45). The number of carbonyl (C=O) groups excluding carboxylic acids is 4. The molecule has 280 valence electrons. The Morgan fingerprint density at radius 2 is 0.961 bits per heavy atom. The predicted octanol–water partition coefficient (Wildman–Crippen LogP) is 6.47. The third kappa shape index (κ3) is 13.3. The van der Waals surface area contributed by atoms with Crippen LogP contribution in [0.1, 0.15) is 74.9 Å². The first kappa shape index (κ1) is 42.2. The molecule has 12 nitrogen and oxygen atoms in total. The first-order chi connectivity index (χ1) is 23.8. The molecule has 2 aromatic rings. The van der Waals surface area contributed by atoms with Crippen molar-refractivity contribution in [2.24, 2.45) is 0 Å². The largest absolute Gasteiger partial charge is 0.489 e. The van der Waals surface area contributed by atoms with Gasteiger partial charge in [-0.05, 0) is 88.8 Å². The number of carbonyl (C=O) groups is 4. The molecule has 51 heavy (non-hydrogen) atoms. The summed E-state index contributed by atoms with van der Waals surface area (Å²) in [7, 11) is 0. The smallest absolute Gasteiger partial charge is 0.407 e. The van der Waals surface area contributed by atoms with Crippen LogP contribution < -0.4 is 20.1 Å². The van der Waals surface area contributed by atoms with Gasteiger partial charge in [-0.15, -0.1) is 0 Å². The third-order valence-corrected chi connectivity index (χ3v) is 7.81. The maximum absolute atomic E-state index is 12.1. The summed E-state index contributed by atoms with van der Waals surface area (Å²) in [5.74, 6) is 0.421. The molecule has 0 aliphatic rings. The first-order valence-corrected chi connectivity index (χ1v) is 16.9. The highest BCUT2D eigenvalue weighted by molar-refractivity contribution is 5.87. The minimum Gasteiger partial charge on any atom is -0.489 e. The predicted molar refractivity (Wildman–Crippen MR) is 194 cm³/mol. The van der Waals surface area contributed by atoms with Crippen LogP contribution in [0.25, 0.3) is 0 Å². The zero-order valence-corrected chi connectivity index (χ0v) is 31.7. The van der Waals surface area contributed by atoms with E-state index < -0.39 is 36.3 Å². The quantitative estimate of drug-likeness (QED) is 0.0763. The van der Waals surface area contributed by atoms with Gasteiger partial charge in [0.05, 0.1) is 13.1 Å². The fourth-order valence-corrected chi connectivity index (χ4v) is 5.00. The van der Waals surface area contributed by atoms with E-state index in [1.165, 1.54) is 0 Å². The number of ether oxygens (including phenoxy) is 6. The summed E-state index contributed by atoms with van der Waals surface area (Å²) >= 11 is 0. The molecule has 0 aliphatic carbocycles. The van der Waals surface area contributed by atoms with Crippen molar-refractivity contribution in [2.75, 3.05) is 39.5 Å². The second-order valence-corrected chi connectivity index (χ2v) is 13.2. The summed E-state index contributed by atoms with van der Waals surface area (Å²) in [4.78, 5) is 47.1. The van der Waals surface area contributed by atoms with Crippen LogP contribution >= 0.6 is 0 Å². The van der Waals surface area contributed by atoms with Gasteiger partial charge in [-0.3, -0.25) is 0 Å². The Morgan fingerprint density at radius 1 is 0.647 bits per heavy atom. The van der Waals surface area contributed by atoms with Crippen molar-refractivity contribution in [3.8, 4) is 11.5 Å². The molecule has 0 bridgehead atoms. The molecule has 0 aromatic heterocycles. The van der Waals surface area contributed by atoms with E-state index in [-0.39, 0.29) is 56.1 Å². The van der Waals surface area contributed by atoms with E-state index in [1.807, 2.05) is 27.7 Å². The first-order valence-electron chi connectivity index (χ1n) is 16.9. The van der Waals surface area contributed by atoms with E-state index in [0.717, 1.165) is 44.9 Å². The Labute approximate surface area is 301 Å². The van der Waals surface area contributed by atoms with Gasteiger partial charge in [-0.25, -0.2) is 19.2 Å². The average Bonchev–Trinajstić information content (AvgIpc) is 3.03. The number of amides is 2. The third-order valence-electron chi connectivity index (χ3n) is 7.81. The van der Waals surface area contributed by atoms with Crippen LogP contribution in [0.3, 0.4) is 0 Å². The van der Waals surface area contributed by atoms with E-state index in [4.69, 9.17) is 28.4 Å². The Kier molecular flexibility index (Phi) is 16.0. The van der Waals surface area contributed by atoms with Gasteiger partial charge in [-0.2, -0.15) is 0 Å². The molecule has 2 aromatic carbocycles. The summed E-state index contributed by atoms with van der Waals surface area (Å²) in [6.07, 6.45) is -2.32. The summed E-state index contributed by atoms with van der Waals surface area (Å²) < 4.78 is 32.8. The molecule has 0 saturated heterocycles. The summed E-state index contributed by atoms with van der Waals surface area (Å²) in [5.41, 5.74) is 6.24. The van der Waals surface area contributed by atoms with E-state index in [1.54, 1.807) is 27.7 Å². The maximum Gasteiger partial charge on any atom is 0.407 e. The van der Waals surface area contributed by atoms with Crippen molar-refractivity contribution in [1.29, 1.82) is 0 Å². The van der Waals surface area contributed by atoms with Crippen LogP contribution in [0.5, 0.6) is 11.5 Å². The fraction of sp³-hybridized carbons (Fsp3) is 0.487. The highest BCUT2D eigenvalue weighted by atomic mass is 16.6. The molecular formula is C39H54N2O10. The van der Waals surface area contributed by atoms with Gasteiger partial charge < -0.3 is 39.1 Å². The van der Waals surface area contributed by atoms with Crippen LogP contribution in [0.2, 0.25) is 0 Å². The topological polar surface area (TPSA) is 148 Å². The SMILES string of the molecule is C=C(C)C(=O)OCCNC(=O)OC(C)COc1c(C)cc(C(C)(C)c2cc(C)c(OCC(C)OC(=O)NCCOC(=O)C(=C)C)c(C)c2)cc1C. The van der Waals surface area contributed by atoms with Crippen LogP contribution in [-0.4, -0.2) is 75.9 Å². The minimum atomic E-state index is -0.632. The molecule has 2 N–H and O–H groups in total. The van der Waals surface area contributed by atoms with Gasteiger partial charge in [0.1, 0.15) is 50.1 Å². The van der Waals surface area contributed by atoms with Gasteiger partial charge in [0, 0.05) is 16.6 Å². The monoisotopic (exact) mass is 710 g/mol. The van der Waals surface area contributed by atoms with Crippen LogP contribution in [0, 0.1) is 27.7 Å². The second kappa shape index (κ2) is 19.4. The molecule has 0 radical (unpaired) electrons. The molecule has 0 spiro atoms. The van der Waals surface area contributed by atoms with Gasteiger partial charge in [0.25, 0.3) is 0 Å². The van der Waals surface area contributed by atoms with Crippen LogP contribution in [0.4, 0.5) is 9.59 Å². The number of benzene rings is 2.